The van der Waals surface area contributed by atoms with Gasteiger partial charge in [-0.25, -0.2) is 4.79 Å². The predicted molar refractivity (Wildman–Crippen MR) is 104 cm³/mol. The van der Waals surface area contributed by atoms with Crippen molar-refractivity contribution in [3.05, 3.63) is 77.6 Å². The number of hydrogen-bond acceptors (Lipinski definition) is 4. The number of fused-ring (bicyclic) bond motifs is 3. The van der Waals surface area contributed by atoms with Crippen molar-refractivity contribution in [2.45, 2.75) is 6.92 Å². The zero-order valence-corrected chi connectivity index (χ0v) is 14.9. The van der Waals surface area contributed by atoms with Crippen molar-refractivity contribution in [1.29, 1.82) is 0 Å². The summed E-state index contributed by atoms with van der Waals surface area (Å²) in [7, 11) is 1.32. The summed E-state index contributed by atoms with van der Waals surface area (Å²) < 4.78 is 10.5. The lowest BCUT2D eigenvalue weighted by atomic mass is 10.1. The Morgan fingerprint density at radius 1 is 0.963 bits per heavy atom. The van der Waals surface area contributed by atoms with Gasteiger partial charge in [-0.15, -0.1) is 0 Å². The topological polar surface area (TPSA) is 68.5 Å². The highest BCUT2D eigenvalue weighted by molar-refractivity contribution is 6.11. The fourth-order valence-corrected chi connectivity index (χ4v) is 3.09. The van der Waals surface area contributed by atoms with Crippen molar-refractivity contribution in [3.8, 4) is 0 Å². The lowest BCUT2D eigenvalue weighted by molar-refractivity contribution is 0.0600. The van der Waals surface area contributed by atoms with Gasteiger partial charge >= 0.3 is 5.97 Å². The number of methoxy groups -OCH3 is 1. The first-order valence-corrected chi connectivity index (χ1v) is 8.48. The Hall–Kier alpha value is -3.60. The van der Waals surface area contributed by atoms with Crippen LogP contribution >= 0.6 is 0 Å². The van der Waals surface area contributed by atoms with E-state index < -0.39 is 5.97 Å². The number of nitrogens with one attached hydrogen (secondary N) is 1. The zero-order valence-electron chi connectivity index (χ0n) is 14.9. The molecule has 4 aromatic rings. The van der Waals surface area contributed by atoms with Crippen LogP contribution in [-0.2, 0) is 4.74 Å². The fraction of sp³-hybridized carbons (Fsp3) is 0.0909. The molecule has 0 aliphatic heterocycles. The molecule has 5 heteroatoms. The SMILES string of the molecule is COC(=O)c1ccc(C)c(NC(=O)c2cc3c(ccc4ccccc43)o2)c1. The molecule has 4 rings (SSSR count). The maximum Gasteiger partial charge on any atom is 0.337 e. The molecule has 0 spiro atoms. The van der Waals surface area contributed by atoms with E-state index in [-0.39, 0.29) is 11.7 Å². The number of benzene rings is 3. The third kappa shape index (κ3) is 3.04. The van der Waals surface area contributed by atoms with Crippen LogP contribution in [0.25, 0.3) is 21.7 Å². The maximum atomic E-state index is 12.7. The van der Waals surface area contributed by atoms with E-state index in [9.17, 15) is 9.59 Å². The summed E-state index contributed by atoms with van der Waals surface area (Å²) in [5.41, 5.74) is 2.39. The molecule has 0 fully saturated rings. The molecule has 0 aliphatic rings. The summed E-state index contributed by atoms with van der Waals surface area (Å²) in [6, 6.07) is 18.5. The second-order valence-electron chi connectivity index (χ2n) is 6.28. The number of hydrogen-bond donors (Lipinski definition) is 1. The van der Waals surface area contributed by atoms with Crippen LogP contribution in [0.4, 0.5) is 5.69 Å². The second kappa shape index (κ2) is 6.61. The first-order valence-electron chi connectivity index (χ1n) is 8.48. The average Bonchev–Trinajstić information content (AvgIpc) is 3.14. The van der Waals surface area contributed by atoms with E-state index in [0.717, 1.165) is 21.7 Å². The van der Waals surface area contributed by atoms with Crippen LogP contribution in [0.3, 0.4) is 0 Å². The highest BCUT2D eigenvalue weighted by atomic mass is 16.5. The van der Waals surface area contributed by atoms with Gasteiger partial charge in [-0.05, 0) is 47.5 Å². The molecule has 3 aromatic carbocycles. The Labute approximate surface area is 155 Å². The van der Waals surface area contributed by atoms with Crippen molar-refractivity contribution in [1.82, 2.24) is 0 Å². The van der Waals surface area contributed by atoms with Gasteiger partial charge in [0.25, 0.3) is 5.91 Å². The van der Waals surface area contributed by atoms with Gasteiger partial charge in [0.15, 0.2) is 5.76 Å². The number of anilines is 1. The van der Waals surface area contributed by atoms with Gasteiger partial charge in [0.1, 0.15) is 5.58 Å². The minimum Gasteiger partial charge on any atom is -0.465 e. The van der Waals surface area contributed by atoms with Gasteiger partial charge < -0.3 is 14.5 Å². The average molecular weight is 359 g/mol. The Balaban J connectivity index is 1.69. The van der Waals surface area contributed by atoms with Crippen molar-refractivity contribution in [2.75, 3.05) is 12.4 Å². The summed E-state index contributed by atoms with van der Waals surface area (Å²) in [6.45, 7) is 1.85. The third-order valence-corrected chi connectivity index (χ3v) is 4.56. The van der Waals surface area contributed by atoms with E-state index in [2.05, 4.69) is 5.32 Å². The van der Waals surface area contributed by atoms with Gasteiger partial charge in [0.2, 0.25) is 0 Å². The zero-order chi connectivity index (χ0) is 19.0. The van der Waals surface area contributed by atoms with Crippen molar-refractivity contribution < 1.29 is 18.7 Å². The van der Waals surface area contributed by atoms with E-state index in [1.807, 2.05) is 43.3 Å². The molecule has 0 saturated heterocycles. The minimum atomic E-state index is -0.458. The fourth-order valence-electron chi connectivity index (χ4n) is 3.09. The summed E-state index contributed by atoms with van der Waals surface area (Å²) in [4.78, 5) is 24.4. The monoisotopic (exact) mass is 359 g/mol. The molecule has 0 saturated carbocycles. The molecule has 1 aromatic heterocycles. The van der Waals surface area contributed by atoms with Crippen LogP contribution in [0.15, 0.2) is 65.1 Å². The van der Waals surface area contributed by atoms with Gasteiger partial charge in [-0.3, -0.25) is 4.79 Å². The standard InChI is InChI=1S/C22H17NO4/c1-13-7-8-15(22(25)26-2)11-18(13)23-21(24)20-12-17-16-6-4-3-5-14(16)9-10-19(17)27-20/h3-12H,1-2H3,(H,23,24). The van der Waals surface area contributed by atoms with Crippen molar-refractivity contribution in [2.24, 2.45) is 0 Å². The number of aryl methyl sites for hydroxylation is 1. The Morgan fingerprint density at radius 3 is 2.59 bits per heavy atom. The molecular weight excluding hydrogens is 342 g/mol. The molecule has 134 valence electrons. The van der Waals surface area contributed by atoms with Crippen LogP contribution in [0.1, 0.15) is 26.5 Å². The molecular formula is C22H17NO4. The molecule has 0 aliphatic carbocycles. The first-order chi connectivity index (χ1) is 13.1. The first kappa shape index (κ1) is 16.8. The molecule has 1 N–H and O–H groups in total. The van der Waals surface area contributed by atoms with Gasteiger partial charge in [0, 0.05) is 11.1 Å². The molecule has 5 nitrogen and oxygen atoms in total. The molecule has 1 heterocycles. The largest absolute Gasteiger partial charge is 0.465 e. The lowest BCUT2D eigenvalue weighted by Gasteiger charge is -2.08. The molecule has 0 bridgehead atoms. The lowest BCUT2D eigenvalue weighted by Crippen LogP contribution is -2.13. The van der Waals surface area contributed by atoms with Gasteiger partial charge in [-0.2, -0.15) is 0 Å². The minimum absolute atomic E-state index is 0.212. The van der Waals surface area contributed by atoms with E-state index in [0.29, 0.717) is 16.8 Å². The summed E-state index contributed by atoms with van der Waals surface area (Å²) in [5.74, 6) is -0.620. The Kier molecular flexibility index (Phi) is 4.12. The smallest absolute Gasteiger partial charge is 0.337 e. The Morgan fingerprint density at radius 2 is 1.78 bits per heavy atom. The van der Waals surface area contributed by atoms with Crippen molar-refractivity contribution >= 4 is 39.3 Å². The van der Waals surface area contributed by atoms with Crippen LogP contribution in [-0.4, -0.2) is 19.0 Å². The number of carbonyl (C=O) groups is 2. The van der Waals surface area contributed by atoms with Crippen LogP contribution < -0.4 is 5.32 Å². The second-order valence-corrected chi connectivity index (χ2v) is 6.28. The molecule has 27 heavy (non-hydrogen) atoms. The summed E-state index contributed by atoms with van der Waals surface area (Å²) in [5, 5.41) is 5.81. The number of amides is 1. The number of esters is 1. The third-order valence-electron chi connectivity index (χ3n) is 4.56. The van der Waals surface area contributed by atoms with E-state index in [4.69, 9.17) is 9.15 Å². The number of ether oxygens (including phenoxy) is 1. The normalized spacial score (nSPS) is 10.9. The van der Waals surface area contributed by atoms with Crippen molar-refractivity contribution in [3.63, 3.8) is 0 Å². The van der Waals surface area contributed by atoms with Gasteiger partial charge in [-0.1, -0.05) is 36.4 Å². The van der Waals surface area contributed by atoms with Crippen LogP contribution in [0.2, 0.25) is 0 Å². The number of rotatable bonds is 3. The van der Waals surface area contributed by atoms with E-state index in [1.54, 1.807) is 24.3 Å². The predicted octanol–water partition coefficient (Wildman–Crippen LogP) is 4.93. The molecule has 0 radical (unpaired) electrons. The number of carbonyl (C=O) groups excluding carboxylic acids is 2. The Bertz CT molecular complexity index is 1190. The highest BCUT2D eigenvalue weighted by Gasteiger charge is 2.16. The highest BCUT2D eigenvalue weighted by Crippen LogP contribution is 2.28. The van der Waals surface area contributed by atoms with E-state index >= 15 is 0 Å². The number of furan rings is 1. The summed E-state index contributed by atoms with van der Waals surface area (Å²) in [6.07, 6.45) is 0. The van der Waals surface area contributed by atoms with Crippen LogP contribution in [0.5, 0.6) is 0 Å². The molecule has 0 unspecified atom stereocenters. The van der Waals surface area contributed by atoms with E-state index in [1.165, 1.54) is 7.11 Å². The van der Waals surface area contributed by atoms with Crippen LogP contribution in [0, 0.1) is 6.92 Å². The summed E-state index contributed by atoms with van der Waals surface area (Å²) >= 11 is 0. The maximum absolute atomic E-state index is 12.7. The quantitative estimate of drug-likeness (QED) is 0.527. The molecule has 0 atom stereocenters. The molecule has 1 amide bonds. The van der Waals surface area contributed by atoms with Gasteiger partial charge in [0.05, 0.1) is 12.7 Å².